The van der Waals surface area contributed by atoms with E-state index in [4.69, 9.17) is 9.15 Å². The summed E-state index contributed by atoms with van der Waals surface area (Å²) in [6.07, 6.45) is 6.38. The summed E-state index contributed by atoms with van der Waals surface area (Å²) in [6.45, 7) is 3.92. The highest BCUT2D eigenvalue weighted by atomic mass is 16.5. The Morgan fingerprint density at radius 1 is 1.17 bits per heavy atom. The highest BCUT2D eigenvalue weighted by Gasteiger charge is 2.15. The molecule has 0 aliphatic heterocycles. The van der Waals surface area contributed by atoms with Gasteiger partial charge in [-0.3, -0.25) is 9.59 Å². The number of rotatable bonds is 7. The van der Waals surface area contributed by atoms with Gasteiger partial charge in [0.05, 0.1) is 17.4 Å². The van der Waals surface area contributed by atoms with Crippen molar-refractivity contribution in [2.75, 3.05) is 0 Å². The van der Waals surface area contributed by atoms with E-state index in [1.54, 1.807) is 30.3 Å². The molecule has 0 fully saturated rings. The first-order chi connectivity index (χ1) is 14.0. The van der Waals surface area contributed by atoms with Gasteiger partial charge in [-0.15, -0.1) is 0 Å². The molecule has 29 heavy (non-hydrogen) atoms. The summed E-state index contributed by atoms with van der Waals surface area (Å²) in [5.74, 6) is 0.550. The zero-order valence-corrected chi connectivity index (χ0v) is 16.3. The van der Waals surface area contributed by atoms with Gasteiger partial charge in [0.25, 0.3) is 0 Å². The molecule has 2 aromatic carbocycles. The van der Waals surface area contributed by atoms with Crippen LogP contribution in [0.25, 0.3) is 22.3 Å². The second-order valence-electron chi connectivity index (χ2n) is 6.44. The zero-order valence-electron chi connectivity index (χ0n) is 16.3. The molecule has 0 bridgehead atoms. The first-order valence-electron chi connectivity index (χ1n) is 9.41. The van der Waals surface area contributed by atoms with Crippen LogP contribution in [-0.2, 0) is 11.2 Å². The van der Waals surface area contributed by atoms with Crippen molar-refractivity contribution in [3.05, 3.63) is 88.3 Å². The van der Waals surface area contributed by atoms with Gasteiger partial charge in [-0.05, 0) is 43.7 Å². The molecular weight excluding hydrogens is 368 g/mol. The SMILES string of the molecule is C/C=C(\C=C/CC)Oc1ccccc1-c1cc(=O)c2cccc(CC(=O)O)c2o1. The first-order valence-corrected chi connectivity index (χ1v) is 9.41. The average Bonchev–Trinajstić information content (AvgIpc) is 2.71. The number of ether oxygens (including phenoxy) is 1. The van der Waals surface area contributed by atoms with E-state index in [0.717, 1.165) is 6.42 Å². The number of allylic oxidation sites excluding steroid dienone is 3. The molecule has 0 unspecified atom stereocenters. The number of benzene rings is 2. The van der Waals surface area contributed by atoms with E-state index in [0.29, 0.717) is 33.8 Å². The molecule has 0 atom stereocenters. The number of hydrogen-bond donors (Lipinski definition) is 1. The van der Waals surface area contributed by atoms with Gasteiger partial charge >= 0.3 is 5.97 Å². The van der Waals surface area contributed by atoms with Crippen molar-refractivity contribution >= 4 is 16.9 Å². The number of hydrogen-bond acceptors (Lipinski definition) is 4. The van der Waals surface area contributed by atoms with Crippen LogP contribution in [0, 0.1) is 0 Å². The first kappa shape index (κ1) is 20.1. The lowest BCUT2D eigenvalue weighted by molar-refractivity contribution is -0.136. The lowest BCUT2D eigenvalue weighted by Crippen LogP contribution is -2.05. The summed E-state index contributed by atoms with van der Waals surface area (Å²) >= 11 is 0. The van der Waals surface area contributed by atoms with Gasteiger partial charge in [0.1, 0.15) is 22.9 Å². The van der Waals surface area contributed by atoms with E-state index in [1.807, 2.05) is 44.2 Å². The van der Waals surface area contributed by atoms with Crippen molar-refractivity contribution < 1.29 is 19.1 Å². The fourth-order valence-electron chi connectivity index (χ4n) is 2.98. The summed E-state index contributed by atoms with van der Waals surface area (Å²) in [7, 11) is 0. The van der Waals surface area contributed by atoms with Gasteiger partial charge in [0.15, 0.2) is 5.43 Å². The number of aliphatic carboxylic acids is 1. The van der Waals surface area contributed by atoms with Crippen molar-refractivity contribution in [3.8, 4) is 17.1 Å². The maximum atomic E-state index is 12.7. The van der Waals surface area contributed by atoms with Crippen LogP contribution in [0.1, 0.15) is 25.8 Å². The third-order valence-electron chi connectivity index (χ3n) is 4.36. The molecule has 1 N–H and O–H groups in total. The van der Waals surface area contributed by atoms with Gasteiger partial charge in [-0.2, -0.15) is 0 Å². The summed E-state index contributed by atoms with van der Waals surface area (Å²) in [5.41, 5.74) is 1.11. The van der Waals surface area contributed by atoms with Crippen LogP contribution in [0.15, 0.2) is 81.7 Å². The van der Waals surface area contributed by atoms with Crippen molar-refractivity contribution in [2.45, 2.75) is 26.7 Å². The van der Waals surface area contributed by atoms with Crippen LogP contribution < -0.4 is 10.2 Å². The van der Waals surface area contributed by atoms with Gasteiger partial charge in [-0.25, -0.2) is 0 Å². The maximum absolute atomic E-state index is 12.7. The molecule has 5 heteroatoms. The molecule has 5 nitrogen and oxygen atoms in total. The Kier molecular flexibility index (Phi) is 6.29. The van der Waals surface area contributed by atoms with Gasteiger partial charge in [0.2, 0.25) is 0 Å². The van der Waals surface area contributed by atoms with E-state index in [1.165, 1.54) is 6.07 Å². The highest BCUT2D eigenvalue weighted by Crippen LogP contribution is 2.32. The third-order valence-corrected chi connectivity index (χ3v) is 4.36. The normalized spacial score (nSPS) is 11.9. The van der Waals surface area contributed by atoms with Gasteiger partial charge in [-0.1, -0.05) is 37.3 Å². The number of para-hydroxylation sites is 2. The fraction of sp³-hybridized carbons (Fsp3) is 0.167. The maximum Gasteiger partial charge on any atom is 0.307 e. The fourth-order valence-corrected chi connectivity index (χ4v) is 2.98. The van der Waals surface area contributed by atoms with Crippen LogP contribution in [0.5, 0.6) is 5.75 Å². The lowest BCUT2D eigenvalue weighted by Gasteiger charge is -2.12. The molecule has 0 saturated carbocycles. The predicted molar refractivity (Wildman–Crippen MR) is 113 cm³/mol. The van der Waals surface area contributed by atoms with Gasteiger partial charge in [0, 0.05) is 11.6 Å². The van der Waals surface area contributed by atoms with E-state index in [-0.39, 0.29) is 17.4 Å². The zero-order chi connectivity index (χ0) is 20.8. The quantitative estimate of drug-likeness (QED) is 0.435. The third kappa shape index (κ3) is 4.63. The summed E-state index contributed by atoms with van der Waals surface area (Å²) < 4.78 is 12.0. The molecule has 0 spiro atoms. The highest BCUT2D eigenvalue weighted by molar-refractivity contribution is 5.85. The molecule has 0 radical (unpaired) electrons. The largest absolute Gasteiger partial charge is 0.481 e. The topological polar surface area (TPSA) is 76.7 Å². The molecule has 0 saturated heterocycles. The molecule has 1 aromatic heterocycles. The van der Waals surface area contributed by atoms with Crippen molar-refractivity contribution in [1.29, 1.82) is 0 Å². The van der Waals surface area contributed by atoms with Crippen molar-refractivity contribution in [2.24, 2.45) is 0 Å². The van der Waals surface area contributed by atoms with Crippen LogP contribution in [0.4, 0.5) is 0 Å². The minimum absolute atomic E-state index is 0.230. The minimum Gasteiger partial charge on any atom is -0.481 e. The standard InChI is InChI=1S/C24H22O5/c1-3-5-10-17(4-2)28-21-13-7-6-11-19(21)22-15-20(25)18-12-8-9-16(14-23(26)27)24(18)29-22/h4-13,15H,3,14H2,1-2H3,(H,26,27)/b10-5-,17-4+. The van der Waals surface area contributed by atoms with Crippen LogP contribution >= 0.6 is 0 Å². The Labute approximate surface area is 168 Å². The summed E-state index contributed by atoms with van der Waals surface area (Å²) in [6, 6.07) is 13.6. The Bertz CT molecular complexity index is 1150. The van der Waals surface area contributed by atoms with Crippen LogP contribution in [-0.4, -0.2) is 11.1 Å². The van der Waals surface area contributed by atoms with Gasteiger partial charge < -0.3 is 14.3 Å². The molecule has 0 amide bonds. The van der Waals surface area contributed by atoms with E-state index >= 15 is 0 Å². The lowest BCUT2D eigenvalue weighted by atomic mass is 10.1. The number of fused-ring (bicyclic) bond motifs is 1. The van der Waals surface area contributed by atoms with E-state index in [9.17, 15) is 14.7 Å². The second kappa shape index (κ2) is 9.06. The summed E-state index contributed by atoms with van der Waals surface area (Å²) in [5, 5.41) is 9.52. The monoisotopic (exact) mass is 390 g/mol. The Balaban J connectivity index is 2.13. The molecule has 148 valence electrons. The summed E-state index contributed by atoms with van der Waals surface area (Å²) in [4.78, 5) is 23.9. The molecular formula is C24H22O5. The molecule has 3 aromatic rings. The van der Waals surface area contributed by atoms with Crippen LogP contribution in [0.2, 0.25) is 0 Å². The molecule has 0 aliphatic rings. The molecule has 0 aliphatic carbocycles. The Morgan fingerprint density at radius 3 is 2.69 bits per heavy atom. The van der Waals surface area contributed by atoms with E-state index in [2.05, 4.69) is 0 Å². The smallest absolute Gasteiger partial charge is 0.307 e. The number of carbonyl (C=O) groups is 1. The van der Waals surface area contributed by atoms with Crippen molar-refractivity contribution in [1.82, 2.24) is 0 Å². The van der Waals surface area contributed by atoms with Crippen molar-refractivity contribution in [3.63, 3.8) is 0 Å². The minimum atomic E-state index is -0.991. The van der Waals surface area contributed by atoms with Crippen LogP contribution in [0.3, 0.4) is 0 Å². The molecule has 1 heterocycles. The second-order valence-corrected chi connectivity index (χ2v) is 6.44. The Morgan fingerprint density at radius 2 is 1.97 bits per heavy atom. The number of carboxylic acid groups (broad SMARTS) is 1. The number of carboxylic acids is 1. The predicted octanol–water partition coefficient (Wildman–Crippen LogP) is 5.34. The van der Waals surface area contributed by atoms with E-state index < -0.39 is 5.97 Å². The molecule has 3 rings (SSSR count). The average molecular weight is 390 g/mol. The Hall–Kier alpha value is -3.60.